The summed E-state index contributed by atoms with van der Waals surface area (Å²) in [6.07, 6.45) is 1.12. The first-order valence-corrected chi connectivity index (χ1v) is 9.28. The molecule has 0 saturated carbocycles. The number of morpholine rings is 1. The lowest BCUT2D eigenvalue weighted by molar-refractivity contribution is 0.0151. The van der Waals surface area contributed by atoms with Crippen LogP contribution in [0.25, 0.3) is 4.96 Å². The van der Waals surface area contributed by atoms with Gasteiger partial charge in [-0.1, -0.05) is 25.2 Å². The monoisotopic (exact) mass is 351 g/mol. The second-order valence-electron chi connectivity index (χ2n) is 6.65. The van der Waals surface area contributed by atoms with Gasteiger partial charge in [-0.25, -0.2) is 4.98 Å². The molecule has 1 N–H and O–H groups in total. The van der Waals surface area contributed by atoms with Gasteiger partial charge in [0.05, 0.1) is 13.2 Å². The van der Waals surface area contributed by atoms with Crippen molar-refractivity contribution in [2.75, 3.05) is 38.2 Å². The molecule has 1 saturated heterocycles. The van der Waals surface area contributed by atoms with Crippen LogP contribution in [0.3, 0.4) is 0 Å². The predicted molar refractivity (Wildman–Crippen MR) is 96.0 cm³/mol. The number of aromatic nitrogens is 3. The molecule has 1 fully saturated rings. The molecular weight excluding hydrogens is 326 g/mol. The molecular formula is C16H25N5O2S. The Morgan fingerprint density at radius 1 is 1.38 bits per heavy atom. The van der Waals surface area contributed by atoms with E-state index in [2.05, 4.69) is 34.1 Å². The molecule has 0 radical (unpaired) electrons. The Kier molecular flexibility index (Phi) is 5.47. The summed E-state index contributed by atoms with van der Waals surface area (Å²) in [7, 11) is 0. The van der Waals surface area contributed by atoms with E-state index in [9.17, 15) is 4.79 Å². The molecule has 8 heteroatoms. The highest BCUT2D eigenvalue weighted by atomic mass is 32.1. The molecule has 1 atom stereocenters. The zero-order valence-electron chi connectivity index (χ0n) is 14.5. The fraction of sp³-hybridized carbons (Fsp3) is 0.688. The van der Waals surface area contributed by atoms with Crippen LogP contribution in [0.1, 0.15) is 26.0 Å². The van der Waals surface area contributed by atoms with Crippen molar-refractivity contribution in [3.05, 3.63) is 22.1 Å². The lowest BCUT2D eigenvalue weighted by atomic mass is 10.0. The average molecular weight is 351 g/mol. The number of aryl methyl sites for hydroxylation is 1. The minimum atomic E-state index is -0.131. The number of hydrogen-bond acceptors (Lipinski definition) is 7. The highest BCUT2D eigenvalue weighted by Crippen LogP contribution is 2.19. The summed E-state index contributed by atoms with van der Waals surface area (Å²) in [5, 5.41) is 8.51. The van der Waals surface area contributed by atoms with Gasteiger partial charge >= 0.3 is 0 Å². The number of nitrogens with one attached hydrogen (secondary N) is 1. The van der Waals surface area contributed by atoms with Gasteiger partial charge in [0.15, 0.2) is 0 Å². The average Bonchev–Trinajstić information content (AvgIpc) is 2.95. The van der Waals surface area contributed by atoms with Crippen LogP contribution in [0, 0.1) is 12.8 Å². The van der Waals surface area contributed by atoms with Crippen LogP contribution >= 0.6 is 11.3 Å². The van der Waals surface area contributed by atoms with Crippen molar-refractivity contribution in [3.63, 3.8) is 0 Å². The van der Waals surface area contributed by atoms with Crippen molar-refractivity contribution in [1.29, 1.82) is 0 Å². The Labute approximate surface area is 145 Å². The molecule has 0 unspecified atom stereocenters. The molecule has 3 rings (SSSR count). The van der Waals surface area contributed by atoms with Crippen LogP contribution in [-0.4, -0.2) is 58.4 Å². The summed E-state index contributed by atoms with van der Waals surface area (Å²) in [4.78, 5) is 19.5. The van der Waals surface area contributed by atoms with Crippen molar-refractivity contribution >= 4 is 21.4 Å². The molecule has 0 bridgehead atoms. The number of anilines is 1. The minimum Gasteiger partial charge on any atom is -0.379 e. The molecule has 0 spiro atoms. The quantitative estimate of drug-likeness (QED) is 0.853. The first kappa shape index (κ1) is 17.3. The normalized spacial score (nSPS) is 17.5. The maximum absolute atomic E-state index is 12.0. The van der Waals surface area contributed by atoms with Crippen LogP contribution in [0.15, 0.2) is 10.9 Å². The third kappa shape index (κ3) is 4.12. The number of rotatable bonds is 6. The zero-order chi connectivity index (χ0) is 17.1. The van der Waals surface area contributed by atoms with Crippen molar-refractivity contribution in [3.8, 4) is 0 Å². The third-order valence-corrected chi connectivity index (χ3v) is 5.03. The molecule has 2 aromatic heterocycles. The van der Waals surface area contributed by atoms with Gasteiger partial charge in [0, 0.05) is 37.4 Å². The predicted octanol–water partition coefficient (Wildman–Crippen LogP) is 1.62. The van der Waals surface area contributed by atoms with E-state index in [1.165, 1.54) is 21.9 Å². The molecule has 0 aliphatic carbocycles. The Hall–Kier alpha value is -1.51. The van der Waals surface area contributed by atoms with E-state index in [0.29, 0.717) is 16.9 Å². The fourth-order valence-electron chi connectivity index (χ4n) is 3.05. The lowest BCUT2D eigenvalue weighted by Gasteiger charge is -2.35. The SMILES string of the molecule is Cc1cc(=O)n2nc(NC[C@H](CC(C)C)N3CCOCC3)sc2n1. The molecule has 7 nitrogen and oxygen atoms in total. The van der Waals surface area contributed by atoms with Crippen molar-refractivity contribution in [2.24, 2.45) is 5.92 Å². The first-order chi connectivity index (χ1) is 11.5. The zero-order valence-corrected chi connectivity index (χ0v) is 15.3. The lowest BCUT2D eigenvalue weighted by Crippen LogP contribution is -2.47. The summed E-state index contributed by atoms with van der Waals surface area (Å²) >= 11 is 1.42. The van der Waals surface area contributed by atoms with Crippen molar-refractivity contribution in [1.82, 2.24) is 19.5 Å². The van der Waals surface area contributed by atoms with Gasteiger partial charge < -0.3 is 10.1 Å². The smallest absolute Gasteiger partial charge is 0.275 e. The number of nitrogens with zero attached hydrogens (tertiary/aromatic N) is 4. The highest BCUT2D eigenvalue weighted by Gasteiger charge is 2.22. The Morgan fingerprint density at radius 2 is 2.12 bits per heavy atom. The van der Waals surface area contributed by atoms with E-state index in [1.807, 2.05) is 6.92 Å². The van der Waals surface area contributed by atoms with E-state index in [-0.39, 0.29) is 5.56 Å². The first-order valence-electron chi connectivity index (χ1n) is 8.46. The fourth-order valence-corrected chi connectivity index (χ4v) is 3.90. The van der Waals surface area contributed by atoms with Crippen LogP contribution in [0.4, 0.5) is 5.13 Å². The van der Waals surface area contributed by atoms with E-state index in [0.717, 1.165) is 50.1 Å². The number of ether oxygens (including phenoxy) is 1. The number of hydrogen-bond donors (Lipinski definition) is 1. The van der Waals surface area contributed by atoms with Crippen LogP contribution < -0.4 is 10.9 Å². The second kappa shape index (κ2) is 7.58. The topological polar surface area (TPSA) is 71.8 Å². The molecule has 3 heterocycles. The third-order valence-electron chi connectivity index (χ3n) is 4.17. The molecule has 0 amide bonds. The van der Waals surface area contributed by atoms with Gasteiger partial charge in [-0.05, 0) is 19.3 Å². The Bertz CT molecular complexity index is 736. The second-order valence-corrected chi connectivity index (χ2v) is 7.61. The standard InChI is InChI=1S/C16H25N5O2S/c1-11(2)8-13(20-4-6-23-7-5-20)10-17-15-19-21-14(22)9-12(3)18-16(21)24-15/h9,11,13H,4-8,10H2,1-3H3,(H,17,19)/t13-/m0/s1. The van der Waals surface area contributed by atoms with Gasteiger partial charge in [-0.2, -0.15) is 4.52 Å². The maximum atomic E-state index is 12.0. The summed E-state index contributed by atoms with van der Waals surface area (Å²) < 4.78 is 6.83. The molecule has 1 aliphatic heterocycles. The molecule has 2 aromatic rings. The Morgan fingerprint density at radius 3 is 2.83 bits per heavy atom. The summed E-state index contributed by atoms with van der Waals surface area (Å²) in [6.45, 7) is 10.7. The van der Waals surface area contributed by atoms with Gasteiger partial charge in [0.1, 0.15) is 0 Å². The van der Waals surface area contributed by atoms with Crippen LogP contribution in [0.5, 0.6) is 0 Å². The maximum Gasteiger partial charge on any atom is 0.275 e. The van der Waals surface area contributed by atoms with E-state index in [4.69, 9.17) is 4.74 Å². The largest absolute Gasteiger partial charge is 0.379 e. The molecule has 0 aromatic carbocycles. The van der Waals surface area contributed by atoms with Gasteiger partial charge in [0.2, 0.25) is 10.1 Å². The molecule has 1 aliphatic rings. The van der Waals surface area contributed by atoms with E-state index < -0.39 is 0 Å². The highest BCUT2D eigenvalue weighted by molar-refractivity contribution is 7.20. The number of fused-ring (bicyclic) bond motifs is 1. The van der Waals surface area contributed by atoms with Crippen LogP contribution in [-0.2, 0) is 4.74 Å². The van der Waals surface area contributed by atoms with Crippen molar-refractivity contribution < 1.29 is 4.74 Å². The van der Waals surface area contributed by atoms with Crippen molar-refractivity contribution in [2.45, 2.75) is 33.2 Å². The van der Waals surface area contributed by atoms with Gasteiger partial charge in [-0.3, -0.25) is 9.69 Å². The molecule has 132 valence electrons. The van der Waals surface area contributed by atoms with Gasteiger partial charge in [-0.15, -0.1) is 5.10 Å². The van der Waals surface area contributed by atoms with E-state index >= 15 is 0 Å². The minimum absolute atomic E-state index is 0.131. The summed E-state index contributed by atoms with van der Waals surface area (Å²) in [5.41, 5.74) is 0.593. The van der Waals surface area contributed by atoms with Gasteiger partial charge in [0.25, 0.3) is 5.56 Å². The Balaban J connectivity index is 1.71. The van der Waals surface area contributed by atoms with Crippen LogP contribution in [0.2, 0.25) is 0 Å². The summed E-state index contributed by atoms with van der Waals surface area (Å²) in [6, 6.07) is 1.94. The van der Waals surface area contributed by atoms with E-state index in [1.54, 1.807) is 0 Å². The summed E-state index contributed by atoms with van der Waals surface area (Å²) in [5.74, 6) is 0.627. The molecule has 24 heavy (non-hydrogen) atoms.